The lowest BCUT2D eigenvalue weighted by Gasteiger charge is -2.36. The lowest BCUT2D eigenvalue weighted by Crippen LogP contribution is -2.48. The Morgan fingerprint density at radius 1 is 1.58 bits per heavy atom. The van der Waals surface area contributed by atoms with E-state index in [1.807, 2.05) is 11.0 Å². The first-order chi connectivity index (χ1) is 9.08. The van der Waals surface area contributed by atoms with Crippen molar-refractivity contribution >= 4 is 27.3 Å². The number of thioether (sulfide) groups is 1. The maximum absolute atomic E-state index is 12.1. The van der Waals surface area contributed by atoms with Crippen LogP contribution in [0, 0.1) is 11.3 Å². The molecule has 1 aliphatic rings. The summed E-state index contributed by atoms with van der Waals surface area (Å²) in [6.07, 6.45) is 1.58. The highest BCUT2D eigenvalue weighted by Crippen LogP contribution is 2.26. The minimum atomic E-state index is -3.12. The molecule has 0 bridgehead atoms. The van der Waals surface area contributed by atoms with Crippen molar-refractivity contribution in [1.82, 2.24) is 4.98 Å². The monoisotopic (exact) mass is 297 g/mol. The Morgan fingerprint density at radius 3 is 2.95 bits per heavy atom. The van der Waals surface area contributed by atoms with Crippen molar-refractivity contribution in [2.24, 2.45) is 0 Å². The lowest BCUT2D eigenvalue weighted by molar-refractivity contribution is 0.579. The molecule has 102 valence electrons. The Hall–Kier alpha value is -1.26. The molecule has 1 aromatic heterocycles. The van der Waals surface area contributed by atoms with Crippen LogP contribution < -0.4 is 4.90 Å². The molecule has 5 nitrogen and oxygen atoms in total. The molecule has 19 heavy (non-hydrogen) atoms. The van der Waals surface area contributed by atoms with Gasteiger partial charge < -0.3 is 4.90 Å². The number of pyridine rings is 1. The van der Waals surface area contributed by atoms with Crippen LogP contribution >= 0.6 is 11.8 Å². The minimum Gasteiger partial charge on any atom is -0.352 e. The number of aromatic nitrogens is 1. The van der Waals surface area contributed by atoms with Crippen LogP contribution in [-0.2, 0) is 9.84 Å². The first-order valence-electron chi connectivity index (χ1n) is 6.00. The standard InChI is InChI=1S/C12H15N3O2S2/c1-2-19(16,17)12-9-18-6-5-15(12)11-4-3-10(7-13)14-8-11/h3-4,8,12H,2,5-6,9H2,1H3. The number of nitriles is 1. The molecule has 0 saturated carbocycles. The predicted molar refractivity (Wildman–Crippen MR) is 76.9 cm³/mol. The second-order valence-corrected chi connectivity index (χ2v) is 7.78. The number of hydrogen-bond acceptors (Lipinski definition) is 6. The fraction of sp³-hybridized carbons (Fsp3) is 0.500. The largest absolute Gasteiger partial charge is 0.352 e. The molecule has 0 aliphatic carbocycles. The average Bonchev–Trinajstić information content (AvgIpc) is 2.47. The van der Waals surface area contributed by atoms with Crippen molar-refractivity contribution in [3.05, 3.63) is 24.0 Å². The number of anilines is 1. The molecule has 0 N–H and O–H groups in total. The van der Waals surface area contributed by atoms with E-state index in [0.717, 1.165) is 11.4 Å². The van der Waals surface area contributed by atoms with Gasteiger partial charge in [-0.3, -0.25) is 0 Å². The molecule has 1 unspecified atom stereocenters. The summed E-state index contributed by atoms with van der Waals surface area (Å²) in [7, 11) is -3.12. The third kappa shape index (κ3) is 3.01. The van der Waals surface area contributed by atoms with Crippen molar-refractivity contribution in [3.63, 3.8) is 0 Å². The van der Waals surface area contributed by atoms with Crippen molar-refractivity contribution < 1.29 is 8.42 Å². The maximum Gasteiger partial charge on any atom is 0.171 e. The summed E-state index contributed by atoms with van der Waals surface area (Å²) >= 11 is 1.66. The molecule has 7 heteroatoms. The Kier molecular flexibility index (Phi) is 4.32. The summed E-state index contributed by atoms with van der Waals surface area (Å²) in [6.45, 7) is 2.35. The SMILES string of the molecule is CCS(=O)(=O)C1CSCCN1c1ccc(C#N)nc1. The fourth-order valence-corrected chi connectivity index (χ4v) is 4.98. The van der Waals surface area contributed by atoms with Gasteiger partial charge in [0.1, 0.15) is 17.1 Å². The van der Waals surface area contributed by atoms with Crippen LogP contribution in [-0.4, -0.2) is 42.6 Å². The van der Waals surface area contributed by atoms with Gasteiger partial charge in [0.15, 0.2) is 9.84 Å². The van der Waals surface area contributed by atoms with Gasteiger partial charge in [-0.2, -0.15) is 17.0 Å². The van der Waals surface area contributed by atoms with E-state index in [4.69, 9.17) is 5.26 Å². The van der Waals surface area contributed by atoms with Gasteiger partial charge >= 0.3 is 0 Å². The summed E-state index contributed by atoms with van der Waals surface area (Å²) in [5.74, 6) is 1.62. The molecule has 0 amide bonds. The third-order valence-corrected chi connectivity index (χ3v) is 6.38. The van der Waals surface area contributed by atoms with Gasteiger partial charge in [0.2, 0.25) is 0 Å². The Labute approximate surface area is 117 Å². The van der Waals surface area contributed by atoms with Gasteiger partial charge in [-0.1, -0.05) is 6.92 Å². The van der Waals surface area contributed by atoms with E-state index in [2.05, 4.69) is 4.98 Å². The van der Waals surface area contributed by atoms with E-state index < -0.39 is 15.2 Å². The van der Waals surface area contributed by atoms with E-state index in [1.165, 1.54) is 0 Å². The van der Waals surface area contributed by atoms with E-state index >= 15 is 0 Å². The summed E-state index contributed by atoms with van der Waals surface area (Å²) in [6, 6.07) is 5.34. The Bertz CT molecular complexity index is 578. The fourth-order valence-electron chi connectivity index (χ4n) is 1.99. The van der Waals surface area contributed by atoms with E-state index in [-0.39, 0.29) is 5.75 Å². The topological polar surface area (TPSA) is 74.1 Å². The molecule has 1 aromatic rings. The zero-order valence-electron chi connectivity index (χ0n) is 10.6. The van der Waals surface area contributed by atoms with Crippen LogP contribution in [0.15, 0.2) is 18.3 Å². The van der Waals surface area contributed by atoms with E-state index in [9.17, 15) is 8.42 Å². The Morgan fingerprint density at radius 2 is 2.37 bits per heavy atom. The second-order valence-electron chi connectivity index (χ2n) is 4.19. The summed E-state index contributed by atoms with van der Waals surface area (Å²) in [5, 5.41) is 8.24. The molecule has 0 spiro atoms. The van der Waals surface area contributed by atoms with Gasteiger partial charge in [-0.25, -0.2) is 13.4 Å². The van der Waals surface area contributed by atoms with Crippen LogP contribution in [0.2, 0.25) is 0 Å². The van der Waals surface area contributed by atoms with Gasteiger partial charge in [-0.05, 0) is 12.1 Å². The van der Waals surface area contributed by atoms with Crippen LogP contribution in [0.25, 0.3) is 0 Å². The van der Waals surface area contributed by atoms with Gasteiger partial charge in [0.25, 0.3) is 0 Å². The molecule has 2 heterocycles. The van der Waals surface area contributed by atoms with E-state index in [1.54, 1.807) is 37.0 Å². The first-order valence-corrected chi connectivity index (χ1v) is 8.87. The van der Waals surface area contributed by atoms with E-state index in [0.29, 0.717) is 18.0 Å². The molecule has 2 rings (SSSR count). The summed E-state index contributed by atoms with van der Waals surface area (Å²) < 4.78 is 24.3. The highest BCUT2D eigenvalue weighted by molar-refractivity contribution is 8.01. The smallest absolute Gasteiger partial charge is 0.171 e. The highest BCUT2D eigenvalue weighted by atomic mass is 32.2. The maximum atomic E-state index is 12.1. The molecule has 1 aliphatic heterocycles. The quantitative estimate of drug-likeness (QED) is 0.836. The van der Waals surface area contributed by atoms with Gasteiger partial charge in [0.05, 0.1) is 11.9 Å². The minimum absolute atomic E-state index is 0.137. The van der Waals surface area contributed by atoms with Crippen LogP contribution in [0.5, 0.6) is 0 Å². The molecular weight excluding hydrogens is 282 g/mol. The molecule has 1 saturated heterocycles. The lowest BCUT2D eigenvalue weighted by atomic mass is 10.3. The second kappa shape index (κ2) is 5.80. The zero-order valence-corrected chi connectivity index (χ0v) is 12.2. The number of rotatable bonds is 3. The van der Waals surface area contributed by atoms with Crippen LogP contribution in [0.1, 0.15) is 12.6 Å². The number of nitrogens with zero attached hydrogens (tertiary/aromatic N) is 3. The molecule has 1 atom stereocenters. The molecule has 1 fully saturated rings. The predicted octanol–water partition coefficient (Wildman–Crippen LogP) is 1.27. The molecule has 0 aromatic carbocycles. The van der Waals surface area contributed by atoms with Crippen LogP contribution in [0.4, 0.5) is 5.69 Å². The van der Waals surface area contributed by atoms with Crippen LogP contribution in [0.3, 0.4) is 0 Å². The van der Waals surface area contributed by atoms with Crippen molar-refractivity contribution in [2.75, 3.05) is 28.7 Å². The van der Waals surface area contributed by atoms with Crippen molar-refractivity contribution in [1.29, 1.82) is 5.26 Å². The zero-order chi connectivity index (χ0) is 13.9. The average molecular weight is 297 g/mol. The number of sulfone groups is 1. The normalized spacial score (nSPS) is 20.0. The summed E-state index contributed by atoms with van der Waals surface area (Å²) in [5.41, 5.74) is 1.10. The molecular formula is C12H15N3O2S2. The van der Waals surface area contributed by atoms with Gasteiger partial charge in [0, 0.05) is 23.8 Å². The number of hydrogen-bond donors (Lipinski definition) is 0. The highest BCUT2D eigenvalue weighted by Gasteiger charge is 2.33. The van der Waals surface area contributed by atoms with Crippen molar-refractivity contribution in [2.45, 2.75) is 12.3 Å². The third-order valence-electron chi connectivity index (χ3n) is 3.10. The summed E-state index contributed by atoms with van der Waals surface area (Å²) in [4.78, 5) is 5.89. The van der Waals surface area contributed by atoms with Gasteiger partial charge in [-0.15, -0.1) is 0 Å². The van der Waals surface area contributed by atoms with Crippen molar-refractivity contribution in [3.8, 4) is 6.07 Å². The first kappa shape index (κ1) is 14.2. The Balaban J connectivity index is 2.31. The molecule has 0 radical (unpaired) electrons.